The monoisotopic (exact) mass is 236 g/mol. The molecule has 1 heterocycles. The number of carboxylic acid groups (broad SMARTS) is 2. The van der Waals surface area contributed by atoms with Crippen LogP contribution in [-0.4, -0.2) is 63.1 Å². The van der Waals surface area contributed by atoms with Gasteiger partial charge in [-0.25, -0.2) is 9.59 Å². The Morgan fingerprint density at radius 2 is 1.81 bits per heavy atom. The van der Waals surface area contributed by atoms with Gasteiger partial charge in [-0.2, -0.15) is 0 Å². The fraction of sp³-hybridized carbons (Fsp3) is 0.750. The SMILES string of the molecule is CC1O[C@@H]([C@H](O)C(=O)O)[C@H](O)[C@H](C(=O)O)O1. The highest BCUT2D eigenvalue weighted by Gasteiger charge is 2.46. The van der Waals surface area contributed by atoms with E-state index in [1.807, 2.05) is 0 Å². The maximum Gasteiger partial charge on any atom is 0.335 e. The molecule has 1 unspecified atom stereocenters. The molecule has 1 aliphatic heterocycles. The van der Waals surface area contributed by atoms with Gasteiger partial charge in [0.1, 0.15) is 12.2 Å². The molecule has 5 atom stereocenters. The van der Waals surface area contributed by atoms with Crippen molar-refractivity contribution >= 4 is 11.9 Å². The van der Waals surface area contributed by atoms with Gasteiger partial charge in [-0.1, -0.05) is 0 Å². The molecule has 1 aliphatic rings. The van der Waals surface area contributed by atoms with Crippen LogP contribution in [0.25, 0.3) is 0 Å². The molecule has 0 amide bonds. The molecule has 8 nitrogen and oxygen atoms in total. The summed E-state index contributed by atoms with van der Waals surface area (Å²) < 4.78 is 9.58. The summed E-state index contributed by atoms with van der Waals surface area (Å²) in [6, 6.07) is 0. The number of rotatable bonds is 3. The minimum atomic E-state index is -2.01. The zero-order valence-electron chi connectivity index (χ0n) is 8.31. The van der Waals surface area contributed by atoms with Gasteiger partial charge in [0, 0.05) is 0 Å². The van der Waals surface area contributed by atoms with Gasteiger partial charge in [-0.3, -0.25) is 0 Å². The summed E-state index contributed by atoms with van der Waals surface area (Å²) in [5, 5.41) is 35.9. The molecule has 0 aromatic carbocycles. The third kappa shape index (κ3) is 2.47. The Hall–Kier alpha value is -1.22. The molecule has 1 rings (SSSR count). The van der Waals surface area contributed by atoms with Crippen LogP contribution in [0.3, 0.4) is 0 Å². The van der Waals surface area contributed by atoms with Gasteiger partial charge in [-0.15, -0.1) is 0 Å². The maximum absolute atomic E-state index is 10.7. The van der Waals surface area contributed by atoms with E-state index in [2.05, 4.69) is 0 Å². The Morgan fingerprint density at radius 1 is 1.25 bits per heavy atom. The van der Waals surface area contributed by atoms with Crippen LogP contribution in [0.1, 0.15) is 6.92 Å². The fourth-order valence-corrected chi connectivity index (χ4v) is 1.40. The van der Waals surface area contributed by atoms with E-state index < -0.39 is 42.6 Å². The Bertz CT molecular complexity index is 290. The molecule has 0 radical (unpaired) electrons. The molecule has 16 heavy (non-hydrogen) atoms. The van der Waals surface area contributed by atoms with Gasteiger partial charge in [0.25, 0.3) is 0 Å². The summed E-state index contributed by atoms with van der Waals surface area (Å²) in [6.07, 6.45) is -7.95. The fourth-order valence-electron chi connectivity index (χ4n) is 1.40. The maximum atomic E-state index is 10.7. The van der Waals surface area contributed by atoms with Crippen molar-refractivity contribution in [2.45, 2.75) is 37.6 Å². The normalized spacial score (nSPS) is 36.7. The molecular formula is C8H12O8. The van der Waals surface area contributed by atoms with Gasteiger partial charge >= 0.3 is 11.9 Å². The van der Waals surface area contributed by atoms with E-state index in [1.54, 1.807) is 0 Å². The number of aliphatic hydroxyl groups excluding tert-OH is 2. The Morgan fingerprint density at radius 3 is 2.25 bits per heavy atom. The lowest BCUT2D eigenvalue weighted by Gasteiger charge is -2.37. The number of carbonyl (C=O) groups is 2. The third-order valence-electron chi connectivity index (χ3n) is 2.14. The molecular weight excluding hydrogens is 224 g/mol. The molecule has 0 aliphatic carbocycles. The van der Waals surface area contributed by atoms with Crippen molar-refractivity contribution in [1.82, 2.24) is 0 Å². The summed E-state index contributed by atoms with van der Waals surface area (Å²) >= 11 is 0. The average Bonchev–Trinajstić information content (AvgIpc) is 2.19. The lowest BCUT2D eigenvalue weighted by molar-refractivity contribution is -0.289. The van der Waals surface area contributed by atoms with Gasteiger partial charge in [-0.05, 0) is 6.92 Å². The van der Waals surface area contributed by atoms with Crippen molar-refractivity contribution in [2.75, 3.05) is 0 Å². The minimum absolute atomic E-state index is 1.02. The predicted molar refractivity (Wildman–Crippen MR) is 46.5 cm³/mol. The Balaban J connectivity index is 2.84. The molecule has 92 valence electrons. The van der Waals surface area contributed by atoms with Crippen LogP contribution < -0.4 is 0 Å². The molecule has 0 spiro atoms. The summed E-state index contributed by atoms with van der Waals surface area (Å²) in [4.78, 5) is 21.2. The van der Waals surface area contributed by atoms with Crippen LogP contribution >= 0.6 is 0 Å². The Labute approximate surface area is 90.0 Å². The first-order valence-corrected chi connectivity index (χ1v) is 4.47. The van der Waals surface area contributed by atoms with Crippen molar-refractivity contribution < 1.29 is 39.5 Å². The molecule has 8 heteroatoms. The Kier molecular flexibility index (Phi) is 3.81. The second-order valence-corrected chi connectivity index (χ2v) is 3.34. The molecule has 0 aromatic heterocycles. The zero-order valence-corrected chi connectivity index (χ0v) is 8.31. The van der Waals surface area contributed by atoms with Gasteiger partial charge in [0.15, 0.2) is 18.5 Å². The van der Waals surface area contributed by atoms with Crippen LogP contribution in [0.5, 0.6) is 0 Å². The highest BCUT2D eigenvalue weighted by Crippen LogP contribution is 2.22. The van der Waals surface area contributed by atoms with Crippen molar-refractivity contribution in [1.29, 1.82) is 0 Å². The van der Waals surface area contributed by atoms with E-state index in [-0.39, 0.29) is 0 Å². The minimum Gasteiger partial charge on any atom is -0.479 e. The zero-order chi connectivity index (χ0) is 12.5. The second-order valence-electron chi connectivity index (χ2n) is 3.34. The van der Waals surface area contributed by atoms with Crippen molar-refractivity contribution in [3.05, 3.63) is 0 Å². The molecule has 4 N–H and O–H groups in total. The van der Waals surface area contributed by atoms with E-state index in [1.165, 1.54) is 6.92 Å². The first kappa shape index (κ1) is 12.8. The van der Waals surface area contributed by atoms with E-state index in [0.717, 1.165) is 0 Å². The molecule has 0 aromatic rings. The van der Waals surface area contributed by atoms with E-state index in [4.69, 9.17) is 19.7 Å². The number of aliphatic carboxylic acids is 2. The summed E-state index contributed by atoms with van der Waals surface area (Å²) in [7, 11) is 0. The van der Waals surface area contributed by atoms with Gasteiger partial charge in [0.2, 0.25) is 0 Å². The van der Waals surface area contributed by atoms with Crippen LogP contribution in [0.4, 0.5) is 0 Å². The van der Waals surface area contributed by atoms with E-state index in [9.17, 15) is 19.8 Å². The van der Waals surface area contributed by atoms with E-state index >= 15 is 0 Å². The summed E-state index contributed by atoms with van der Waals surface area (Å²) in [5.41, 5.74) is 0. The molecule has 0 bridgehead atoms. The first-order valence-electron chi connectivity index (χ1n) is 4.47. The second kappa shape index (κ2) is 4.74. The van der Waals surface area contributed by atoms with Crippen LogP contribution in [-0.2, 0) is 19.1 Å². The summed E-state index contributed by atoms with van der Waals surface area (Å²) in [6.45, 7) is 1.34. The quantitative estimate of drug-likeness (QED) is 0.442. The summed E-state index contributed by atoms with van der Waals surface area (Å²) in [5.74, 6) is -3.06. The van der Waals surface area contributed by atoms with Crippen molar-refractivity contribution in [3.8, 4) is 0 Å². The number of hydrogen-bond acceptors (Lipinski definition) is 6. The largest absolute Gasteiger partial charge is 0.479 e. The molecule has 1 saturated heterocycles. The number of hydrogen-bond donors (Lipinski definition) is 4. The lowest BCUT2D eigenvalue weighted by Crippen LogP contribution is -2.58. The number of aliphatic hydroxyl groups is 2. The molecule has 1 fully saturated rings. The van der Waals surface area contributed by atoms with Crippen LogP contribution in [0.15, 0.2) is 0 Å². The van der Waals surface area contributed by atoms with Crippen LogP contribution in [0.2, 0.25) is 0 Å². The first-order chi connectivity index (χ1) is 7.34. The number of ether oxygens (including phenoxy) is 2. The highest BCUT2D eigenvalue weighted by molar-refractivity contribution is 5.75. The third-order valence-corrected chi connectivity index (χ3v) is 2.14. The van der Waals surface area contributed by atoms with Crippen molar-refractivity contribution in [3.63, 3.8) is 0 Å². The topological polar surface area (TPSA) is 134 Å². The predicted octanol–water partition coefficient (Wildman–Crippen LogP) is -1.99. The van der Waals surface area contributed by atoms with E-state index in [0.29, 0.717) is 0 Å². The smallest absolute Gasteiger partial charge is 0.335 e. The highest BCUT2D eigenvalue weighted by atomic mass is 16.7. The van der Waals surface area contributed by atoms with Gasteiger partial charge in [0.05, 0.1) is 0 Å². The van der Waals surface area contributed by atoms with Crippen molar-refractivity contribution in [2.24, 2.45) is 0 Å². The average molecular weight is 236 g/mol. The standard InChI is InChI=1S/C8H12O8/c1-2-15-5(4(10)7(11)12)3(9)6(16-2)8(13)14/h2-6,9-10H,1H3,(H,11,12)(H,13,14)/t2?,3-,4-,5+,6+/m0/s1. The van der Waals surface area contributed by atoms with Crippen LogP contribution in [0, 0.1) is 0 Å². The lowest BCUT2D eigenvalue weighted by atomic mass is 10.0. The number of carboxylic acids is 2. The molecule has 0 saturated carbocycles. The van der Waals surface area contributed by atoms with Gasteiger partial charge < -0.3 is 29.9 Å².